The number of nitrogens with one attached hydrogen (secondary N) is 1. The topological polar surface area (TPSA) is 50.8 Å². The van der Waals surface area contributed by atoms with E-state index in [0.29, 0.717) is 18.2 Å². The SMILES string of the molecule is CC[C@H](N[C@@H]1CCN(C(=O)OC(C)(C)C)C1)[C@H]1CCCO1. The largest absolute Gasteiger partial charge is 0.444 e. The molecule has 0 unspecified atom stereocenters. The number of carbonyl (C=O) groups excluding carboxylic acids is 1. The number of hydrogen-bond donors (Lipinski definition) is 1. The highest BCUT2D eigenvalue weighted by Crippen LogP contribution is 2.20. The van der Waals surface area contributed by atoms with E-state index in [-0.39, 0.29) is 6.09 Å². The fourth-order valence-corrected chi connectivity index (χ4v) is 3.10. The van der Waals surface area contributed by atoms with Crippen molar-refractivity contribution in [2.24, 2.45) is 0 Å². The predicted octanol–water partition coefficient (Wildman–Crippen LogP) is 2.54. The number of likely N-dealkylation sites (tertiary alicyclic amines) is 1. The Morgan fingerprint density at radius 1 is 1.43 bits per heavy atom. The van der Waals surface area contributed by atoms with E-state index in [1.54, 1.807) is 0 Å². The van der Waals surface area contributed by atoms with E-state index >= 15 is 0 Å². The molecule has 2 saturated heterocycles. The molecule has 1 N–H and O–H groups in total. The fourth-order valence-electron chi connectivity index (χ4n) is 3.10. The van der Waals surface area contributed by atoms with Crippen molar-refractivity contribution in [1.82, 2.24) is 10.2 Å². The minimum Gasteiger partial charge on any atom is -0.444 e. The van der Waals surface area contributed by atoms with Crippen molar-refractivity contribution >= 4 is 6.09 Å². The van der Waals surface area contributed by atoms with Crippen LogP contribution in [0.25, 0.3) is 0 Å². The smallest absolute Gasteiger partial charge is 0.410 e. The van der Waals surface area contributed by atoms with Crippen LogP contribution in [0.2, 0.25) is 0 Å². The van der Waals surface area contributed by atoms with Crippen LogP contribution in [0.3, 0.4) is 0 Å². The maximum absolute atomic E-state index is 12.1. The van der Waals surface area contributed by atoms with Gasteiger partial charge in [0.25, 0.3) is 0 Å². The number of amides is 1. The molecule has 0 radical (unpaired) electrons. The van der Waals surface area contributed by atoms with Crippen molar-refractivity contribution < 1.29 is 14.3 Å². The quantitative estimate of drug-likeness (QED) is 0.866. The fraction of sp³-hybridized carbons (Fsp3) is 0.938. The highest BCUT2D eigenvalue weighted by atomic mass is 16.6. The number of ether oxygens (including phenoxy) is 2. The van der Waals surface area contributed by atoms with Crippen LogP contribution in [0.5, 0.6) is 0 Å². The van der Waals surface area contributed by atoms with Gasteiger partial charge >= 0.3 is 6.09 Å². The van der Waals surface area contributed by atoms with Gasteiger partial charge in [-0.2, -0.15) is 0 Å². The van der Waals surface area contributed by atoms with Gasteiger partial charge in [-0.3, -0.25) is 0 Å². The molecule has 21 heavy (non-hydrogen) atoms. The molecular weight excluding hydrogens is 268 g/mol. The van der Waals surface area contributed by atoms with Gasteiger partial charge in [0.2, 0.25) is 0 Å². The number of nitrogens with zero attached hydrogens (tertiary/aromatic N) is 1. The second kappa shape index (κ2) is 6.97. The van der Waals surface area contributed by atoms with Gasteiger partial charge in [-0.1, -0.05) is 6.92 Å². The standard InChI is InChI=1S/C16H30N2O3/c1-5-13(14-7-6-10-20-14)17-12-8-9-18(11-12)15(19)21-16(2,3)4/h12-14,17H,5-11H2,1-4H3/t12-,13+,14-/m1/s1. The predicted molar refractivity (Wildman–Crippen MR) is 82.4 cm³/mol. The Bertz CT molecular complexity index is 348. The molecule has 5 heteroatoms. The first-order valence-electron chi connectivity index (χ1n) is 8.24. The van der Waals surface area contributed by atoms with Crippen molar-refractivity contribution in [3.63, 3.8) is 0 Å². The summed E-state index contributed by atoms with van der Waals surface area (Å²) in [4.78, 5) is 13.9. The van der Waals surface area contributed by atoms with Gasteiger partial charge in [0.05, 0.1) is 6.10 Å². The molecule has 2 rings (SSSR count). The van der Waals surface area contributed by atoms with E-state index < -0.39 is 5.60 Å². The molecule has 0 bridgehead atoms. The highest BCUT2D eigenvalue weighted by molar-refractivity contribution is 5.68. The lowest BCUT2D eigenvalue weighted by molar-refractivity contribution is 0.0287. The summed E-state index contributed by atoms with van der Waals surface area (Å²) in [6.07, 6.45) is 4.50. The molecule has 1 amide bonds. The first kappa shape index (κ1) is 16.6. The summed E-state index contributed by atoms with van der Waals surface area (Å²) in [5, 5.41) is 3.68. The molecule has 2 heterocycles. The molecule has 3 atom stereocenters. The Labute approximate surface area is 128 Å². The summed E-state index contributed by atoms with van der Waals surface area (Å²) in [6, 6.07) is 0.753. The third kappa shape index (κ3) is 4.85. The summed E-state index contributed by atoms with van der Waals surface area (Å²) in [6.45, 7) is 10.3. The second-order valence-electron chi connectivity index (χ2n) is 7.14. The average molecular weight is 298 g/mol. The average Bonchev–Trinajstić information content (AvgIpc) is 3.05. The van der Waals surface area contributed by atoms with Crippen molar-refractivity contribution in [2.75, 3.05) is 19.7 Å². The normalized spacial score (nSPS) is 27.9. The zero-order valence-electron chi connectivity index (χ0n) is 13.9. The summed E-state index contributed by atoms with van der Waals surface area (Å²) >= 11 is 0. The van der Waals surface area contributed by atoms with Gasteiger partial charge < -0.3 is 19.7 Å². The van der Waals surface area contributed by atoms with E-state index in [4.69, 9.17) is 9.47 Å². The zero-order valence-corrected chi connectivity index (χ0v) is 13.9. The van der Waals surface area contributed by atoms with Crippen molar-refractivity contribution in [3.05, 3.63) is 0 Å². The highest BCUT2D eigenvalue weighted by Gasteiger charge is 2.33. The molecule has 122 valence electrons. The molecule has 2 aliphatic rings. The molecule has 0 spiro atoms. The van der Waals surface area contributed by atoms with Crippen LogP contribution in [0.4, 0.5) is 4.79 Å². The van der Waals surface area contributed by atoms with Gasteiger partial charge in [0.15, 0.2) is 0 Å². The summed E-state index contributed by atoms with van der Waals surface area (Å²) in [5.74, 6) is 0. The van der Waals surface area contributed by atoms with Crippen molar-refractivity contribution in [3.8, 4) is 0 Å². The van der Waals surface area contributed by atoms with Crippen LogP contribution in [0, 0.1) is 0 Å². The molecule has 0 saturated carbocycles. The van der Waals surface area contributed by atoms with E-state index in [2.05, 4.69) is 12.2 Å². The van der Waals surface area contributed by atoms with Crippen molar-refractivity contribution in [1.29, 1.82) is 0 Å². The van der Waals surface area contributed by atoms with Crippen LogP contribution in [0.15, 0.2) is 0 Å². The monoisotopic (exact) mass is 298 g/mol. The molecule has 0 aromatic rings. The van der Waals surface area contributed by atoms with Gasteiger partial charge in [-0.15, -0.1) is 0 Å². The maximum Gasteiger partial charge on any atom is 0.410 e. The minimum atomic E-state index is -0.424. The molecule has 2 fully saturated rings. The molecule has 0 aromatic carbocycles. The molecule has 5 nitrogen and oxygen atoms in total. The lowest BCUT2D eigenvalue weighted by Crippen LogP contribution is -2.46. The maximum atomic E-state index is 12.1. The first-order chi connectivity index (χ1) is 9.89. The summed E-state index contributed by atoms with van der Waals surface area (Å²) in [5.41, 5.74) is -0.424. The van der Waals surface area contributed by atoms with E-state index in [1.807, 2.05) is 25.7 Å². The lowest BCUT2D eigenvalue weighted by Gasteiger charge is -2.27. The number of hydrogen-bond acceptors (Lipinski definition) is 4. The van der Waals surface area contributed by atoms with Crippen LogP contribution in [-0.4, -0.2) is 54.5 Å². The Morgan fingerprint density at radius 3 is 2.76 bits per heavy atom. The minimum absolute atomic E-state index is 0.197. The number of rotatable bonds is 4. The van der Waals surface area contributed by atoms with Crippen molar-refractivity contribution in [2.45, 2.75) is 77.2 Å². The Hall–Kier alpha value is -0.810. The van der Waals surface area contributed by atoms with Crippen LogP contribution in [-0.2, 0) is 9.47 Å². The molecule has 0 aliphatic carbocycles. The van der Waals surface area contributed by atoms with Crippen LogP contribution < -0.4 is 5.32 Å². The summed E-state index contributed by atoms with van der Waals surface area (Å²) < 4.78 is 11.2. The van der Waals surface area contributed by atoms with E-state index in [9.17, 15) is 4.79 Å². The lowest BCUT2D eigenvalue weighted by atomic mass is 10.0. The molecule has 0 aromatic heterocycles. The Balaban J connectivity index is 1.80. The molecular formula is C16H30N2O3. The third-order valence-electron chi connectivity index (χ3n) is 4.14. The van der Waals surface area contributed by atoms with Gasteiger partial charge in [-0.25, -0.2) is 4.79 Å². The van der Waals surface area contributed by atoms with Gasteiger partial charge in [0, 0.05) is 31.8 Å². The zero-order chi connectivity index (χ0) is 15.5. The number of carbonyl (C=O) groups is 1. The van der Waals surface area contributed by atoms with E-state index in [1.165, 1.54) is 0 Å². The van der Waals surface area contributed by atoms with Crippen LogP contribution in [0.1, 0.15) is 53.4 Å². The molecule has 2 aliphatic heterocycles. The van der Waals surface area contributed by atoms with Gasteiger partial charge in [-0.05, 0) is 46.5 Å². The van der Waals surface area contributed by atoms with E-state index in [0.717, 1.165) is 45.4 Å². The first-order valence-corrected chi connectivity index (χ1v) is 8.24. The summed E-state index contributed by atoms with van der Waals surface area (Å²) in [7, 11) is 0. The second-order valence-corrected chi connectivity index (χ2v) is 7.14. The Morgan fingerprint density at radius 2 is 2.19 bits per heavy atom. The van der Waals surface area contributed by atoms with Gasteiger partial charge in [0.1, 0.15) is 5.60 Å². The third-order valence-corrected chi connectivity index (χ3v) is 4.14. The van der Waals surface area contributed by atoms with Crippen LogP contribution >= 0.6 is 0 Å². The Kier molecular flexibility index (Phi) is 5.49.